The highest BCUT2D eigenvalue weighted by atomic mass is 16.6. The second-order valence-corrected chi connectivity index (χ2v) is 12.8. The number of hydrogen-bond acceptors (Lipinski definition) is 5. The summed E-state index contributed by atoms with van der Waals surface area (Å²) in [7, 11) is 0. The summed E-state index contributed by atoms with van der Waals surface area (Å²) < 4.78 is 17.1. The van der Waals surface area contributed by atoms with Crippen LogP contribution < -0.4 is 0 Å². The van der Waals surface area contributed by atoms with Crippen molar-refractivity contribution in [3.05, 3.63) is 60.8 Å². The van der Waals surface area contributed by atoms with Gasteiger partial charge < -0.3 is 14.2 Å². The third kappa shape index (κ3) is 36.4. The molecule has 0 bridgehead atoms. The van der Waals surface area contributed by atoms with E-state index < -0.39 is 6.10 Å². The molecule has 276 valence electrons. The van der Waals surface area contributed by atoms with Crippen LogP contribution >= 0.6 is 0 Å². The molecule has 0 spiro atoms. The molecule has 1 unspecified atom stereocenters. The fraction of sp³-hybridized carbons (Fsp3) is 0.721. The predicted octanol–water partition coefficient (Wildman–Crippen LogP) is 12.7. The lowest BCUT2D eigenvalue weighted by atomic mass is 10.1. The lowest BCUT2D eigenvalue weighted by Gasteiger charge is -2.18. The highest BCUT2D eigenvalue weighted by Gasteiger charge is 2.17. The first-order chi connectivity index (χ1) is 23.6. The summed E-state index contributed by atoms with van der Waals surface area (Å²) in [6.45, 7) is 7.58. The lowest BCUT2D eigenvalue weighted by molar-refractivity contribution is -0.163. The Hall–Kier alpha value is -2.40. The monoisotopic (exact) mass is 671 g/mol. The number of esters is 2. The van der Waals surface area contributed by atoms with Crippen molar-refractivity contribution in [2.24, 2.45) is 0 Å². The summed E-state index contributed by atoms with van der Waals surface area (Å²) in [5, 5.41) is 0. The number of hydrogen-bond donors (Lipinski definition) is 0. The summed E-state index contributed by atoms with van der Waals surface area (Å²) in [5.74, 6) is -0.475. The first-order valence-corrected chi connectivity index (χ1v) is 19.8. The van der Waals surface area contributed by atoms with Crippen molar-refractivity contribution in [1.29, 1.82) is 0 Å². The molecule has 0 aliphatic carbocycles. The molecule has 0 N–H and O–H groups in total. The Morgan fingerprint density at radius 1 is 0.479 bits per heavy atom. The quantitative estimate of drug-likeness (QED) is 0.0381. The smallest absolute Gasteiger partial charge is 0.306 e. The number of ether oxygens (including phenoxy) is 3. The van der Waals surface area contributed by atoms with Crippen LogP contribution in [0.15, 0.2) is 60.8 Å². The molecule has 0 aliphatic heterocycles. The molecule has 0 radical (unpaired) electrons. The van der Waals surface area contributed by atoms with Gasteiger partial charge in [0.25, 0.3) is 0 Å². The third-order valence-electron chi connectivity index (χ3n) is 8.07. The van der Waals surface area contributed by atoms with Gasteiger partial charge in [0.15, 0.2) is 6.10 Å². The van der Waals surface area contributed by atoms with Crippen LogP contribution in [0.1, 0.15) is 175 Å². The molecule has 0 rings (SSSR count). The third-order valence-corrected chi connectivity index (χ3v) is 8.07. The van der Waals surface area contributed by atoms with Crippen LogP contribution in [0.2, 0.25) is 0 Å². The van der Waals surface area contributed by atoms with E-state index in [0.717, 1.165) is 77.0 Å². The lowest BCUT2D eigenvalue weighted by Crippen LogP contribution is -2.30. The van der Waals surface area contributed by atoms with E-state index in [4.69, 9.17) is 14.2 Å². The van der Waals surface area contributed by atoms with Crippen LogP contribution in [0.4, 0.5) is 0 Å². The van der Waals surface area contributed by atoms with Crippen molar-refractivity contribution < 1.29 is 23.8 Å². The Bertz CT molecular complexity index is 853. The fourth-order valence-electron chi connectivity index (χ4n) is 5.13. The summed E-state index contributed by atoms with van der Waals surface area (Å²) in [5.41, 5.74) is 0. The Balaban J connectivity index is 4.25. The first-order valence-electron chi connectivity index (χ1n) is 19.8. The maximum atomic E-state index is 12.5. The molecule has 0 saturated heterocycles. The van der Waals surface area contributed by atoms with E-state index in [0.29, 0.717) is 19.4 Å². The minimum absolute atomic E-state index is 0.0562. The van der Waals surface area contributed by atoms with E-state index in [1.165, 1.54) is 64.2 Å². The molecule has 1 atom stereocenters. The van der Waals surface area contributed by atoms with Crippen LogP contribution in [-0.4, -0.2) is 37.9 Å². The molecule has 0 amide bonds. The van der Waals surface area contributed by atoms with Crippen LogP contribution in [0.25, 0.3) is 0 Å². The molecule has 5 heteroatoms. The summed E-state index contributed by atoms with van der Waals surface area (Å²) in [4.78, 5) is 24.9. The molecule has 0 aromatic rings. The number of rotatable bonds is 35. The van der Waals surface area contributed by atoms with Gasteiger partial charge in [0.2, 0.25) is 0 Å². The summed E-state index contributed by atoms with van der Waals surface area (Å²) in [6.07, 6.45) is 46.6. The number of unbranched alkanes of at least 4 members (excludes halogenated alkanes) is 14. The van der Waals surface area contributed by atoms with Crippen LogP contribution in [-0.2, 0) is 23.8 Å². The zero-order chi connectivity index (χ0) is 35.0. The van der Waals surface area contributed by atoms with Crippen molar-refractivity contribution in [1.82, 2.24) is 0 Å². The molecule has 0 aromatic carbocycles. The molecule has 0 heterocycles. The predicted molar refractivity (Wildman–Crippen MR) is 205 cm³/mol. The average Bonchev–Trinajstić information content (AvgIpc) is 3.08. The topological polar surface area (TPSA) is 61.8 Å². The summed E-state index contributed by atoms with van der Waals surface area (Å²) in [6, 6.07) is 0. The van der Waals surface area contributed by atoms with Gasteiger partial charge in [0.1, 0.15) is 6.61 Å². The van der Waals surface area contributed by atoms with E-state index in [2.05, 4.69) is 81.5 Å². The van der Waals surface area contributed by atoms with Gasteiger partial charge in [-0.3, -0.25) is 9.59 Å². The van der Waals surface area contributed by atoms with E-state index in [-0.39, 0.29) is 25.2 Å². The first kappa shape index (κ1) is 45.6. The van der Waals surface area contributed by atoms with E-state index in [1.54, 1.807) is 0 Å². The molecule has 0 aliphatic rings. The zero-order valence-corrected chi connectivity index (χ0v) is 31.5. The minimum Gasteiger partial charge on any atom is -0.462 e. The highest BCUT2D eigenvalue weighted by molar-refractivity contribution is 5.70. The SMILES string of the molecule is CC/C=C\C/C=C\C/C=C\C/C=C\C/C=C\CCCC(=O)OCC(COCCCCCCCCCC)OC(=O)CCCCCCCCC. The van der Waals surface area contributed by atoms with Crippen LogP contribution in [0.5, 0.6) is 0 Å². The van der Waals surface area contributed by atoms with Gasteiger partial charge in [-0.25, -0.2) is 0 Å². The molecule has 0 fully saturated rings. The van der Waals surface area contributed by atoms with Gasteiger partial charge in [-0.2, -0.15) is 0 Å². The summed E-state index contributed by atoms with van der Waals surface area (Å²) >= 11 is 0. The van der Waals surface area contributed by atoms with Crippen molar-refractivity contribution in [3.63, 3.8) is 0 Å². The fourth-order valence-corrected chi connectivity index (χ4v) is 5.13. The van der Waals surface area contributed by atoms with Crippen molar-refractivity contribution in [2.45, 2.75) is 181 Å². The molecule has 0 saturated carbocycles. The van der Waals surface area contributed by atoms with Gasteiger partial charge in [-0.15, -0.1) is 0 Å². The van der Waals surface area contributed by atoms with Crippen molar-refractivity contribution in [2.75, 3.05) is 19.8 Å². The molecule has 5 nitrogen and oxygen atoms in total. The van der Waals surface area contributed by atoms with Gasteiger partial charge in [-0.1, -0.05) is 165 Å². The van der Waals surface area contributed by atoms with Gasteiger partial charge in [-0.05, 0) is 57.8 Å². The average molecular weight is 671 g/mol. The van der Waals surface area contributed by atoms with Crippen molar-refractivity contribution in [3.8, 4) is 0 Å². The molecular formula is C43H74O5. The van der Waals surface area contributed by atoms with Crippen LogP contribution in [0, 0.1) is 0 Å². The normalized spacial score (nSPS) is 12.8. The van der Waals surface area contributed by atoms with Gasteiger partial charge >= 0.3 is 11.9 Å². The Morgan fingerprint density at radius 3 is 1.48 bits per heavy atom. The Labute approximate surface area is 296 Å². The Kier molecular flexibility index (Phi) is 37.1. The molecule has 0 aromatic heterocycles. The number of carbonyl (C=O) groups excluding carboxylic acids is 2. The second-order valence-electron chi connectivity index (χ2n) is 12.8. The highest BCUT2D eigenvalue weighted by Crippen LogP contribution is 2.11. The van der Waals surface area contributed by atoms with E-state index >= 15 is 0 Å². The zero-order valence-electron chi connectivity index (χ0n) is 31.5. The number of allylic oxidation sites excluding steroid dienone is 10. The van der Waals surface area contributed by atoms with Gasteiger partial charge in [0.05, 0.1) is 6.61 Å². The largest absolute Gasteiger partial charge is 0.462 e. The van der Waals surface area contributed by atoms with Crippen LogP contribution in [0.3, 0.4) is 0 Å². The maximum absolute atomic E-state index is 12.5. The second kappa shape index (κ2) is 39.0. The van der Waals surface area contributed by atoms with E-state index in [9.17, 15) is 9.59 Å². The minimum atomic E-state index is -0.550. The van der Waals surface area contributed by atoms with Crippen molar-refractivity contribution >= 4 is 11.9 Å². The molecule has 48 heavy (non-hydrogen) atoms. The maximum Gasteiger partial charge on any atom is 0.306 e. The Morgan fingerprint density at radius 2 is 0.938 bits per heavy atom. The molecular weight excluding hydrogens is 596 g/mol. The standard InChI is InChI=1S/C43H74O5/c1-4-7-10-13-16-18-19-20-21-22-23-24-25-26-28-30-33-36-42(44)47-40-41(39-46-38-35-32-29-17-14-11-8-5-2)48-43(45)37-34-31-27-15-12-9-6-3/h7,10,16,18,20-21,23-24,26,28,41H,4-6,8-9,11-15,17,19,22,25,27,29-40H2,1-3H3/b10-7-,18-16-,21-20-,24-23-,28-26-. The van der Waals surface area contributed by atoms with Gasteiger partial charge in [0, 0.05) is 19.4 Å². The van der Waals surface area contributed by atoms with E-state index in [1.807, 2.05) is 0 Å². The number of carbonyl (C=O) groups is 2.